The van der Waals surface area contributed by atoms with Crippen molar-refractivity contribution < 1.29 is 9.13 Å². The van der Waals surface area contributed by atoms with Crippen molar-refractivity contribution in [3.63, 3.8) is 0 Å². The first-order valence-electron chi connectivity index (χ1n) is 6.20. The fraction of sp³-hybridized carbons (Fsp3) is 0.615. The van der Waals surface area contributed by atoms with Gasteiger partial charge in [0, 0.05) is 6.20 Å². The summed E-state index contributed by atoms with van der Waals surface area (Å²) in [6, 6.07) is 1.57. The number of hydrogen-bond acceptors (Lipinski definition) is 3. The molecule has 2 heterocycles. The Balaban J connectivity index is 2.16. The molecule has 1 N–H and O–H groups in total. The van der Waals surface area contributed by atoms with Crippen molar-refractivity contribution in [2.75, 3.05) is 6.54 Å². The highest BCUT2D eigenvalue weighted by atomic mass is 19.1. The van der Waals surface area contributed by atoms with Gasteiger partial charge in [-0.1, -0.05) is 6.92 Å². The predicted molar refractivity (Wildman–Crippen MR) is 64.2 cm³/mol. The van der Waals surface area contributed by atoms with Crippen molar-refractivity contribution in [3.8, 4) is 0 Å². The molecule has 3 unspecified atom stereocenters. The van der Waals surface area contributed by atoms with Gasteiger partial charge < -0.3 is 10.1 Å². The summed E-state index contributed by atoms with van der Waals surface area (Å²) in [5.74, 6) is -0.295. The molecule has 0 radical (unpaired) electrons. The van der Waals surface area contributed by atoms with Crippen LogP contribution in [-0.4, -0.2) is 23.7 Å². The summed E-state index contributed by atoms with van der Waals surface area (Å²) >= 11 is 0. The van der Waals surface area contributed by atoms with Crippen LogP contribution in [0.15, 0.2) is 18.5 Å². The Morgan fingerprint density at radius 1 is 1.53 bits per heavy atom. The SMILES string of the molecule is CCNC(c1cncc(F)c1)C1CCC(C)O1. The van der Waals surface area contributed by atoms with E-state index in [4.69, 9.17) is 4.74 Å². The van der Waals surface area contributed by atoms with Crippen LogP contribution in [0.25, 0.3) is 0 Å². The zero-order valence-corrected chi connectivity index (χ0v) is 10.3. The van der Waals surface area contributed by atoms with Gasteiger partial charge in [-0.2, -0.15) is 0 Å². The normalized spacial score (nSPS) is 26.1. The molecule has 1 aliphatic heterocycles. The van der Waals surface area contributed by atoms with E-state index in [9.17, 15) is 4.39 Å². The lowest BCUT2D eigenvalue weighted by Crippen LogP contribution is -2.32. The second kappa shape index (κ2) is 5.56. The second-order valence-electron chi connectivity index (χ2n) is 4.53. The lowest BCUT2D eigenvalue weighted by Gasteiger charge is -2.24. The van der Waals surface area contributed by atoms with E-state index < -0.39 is 0 Å². The van der Waals surface area contributed by atoms with Gasteiger partial charge in [0.15, 0.2) is 0 Å². The molecule has 4 heteroatoms. The molecule has 0 aromatic carbocycles. The van der Waals surface area contributed by atoms with Crippen LogP contribution in [0.5, 0.6) is 0 Å². The van der Waals surface area contributed by atoms with Gasteiger partial charge >= 0.3 is 0 Å². The van der Waals surface area contributed by atoms with E-state index in [-0.39, 0.29) is 18.0 Å². The molecule has 94 valence electrons. The van der Waals surface area contributed by atoms with Crippen molar-refractivity contribution >= 4 is 0 Å². The highest BCUT2D eigenvalue weighted by molar-refractivity contribution is 5.17. The average molecular weight is 238 g/mol. The molecule has 3 atom stereocenters. The summed E-state index contributed by atoms with van der Waals surface area (Å²) in [6.45, 7) is 4.94. The summed E-state index contributed by atoms with van der Waals surface area (Å²) in [5.41, 5.74) is 0.867. The Kier molecular flexibility index (Phi) is 4.07. The highest BCUT2D eigenvalue weighted by Crippen LogP contribution is 2.29. The Morgan fingerprint density at radius 2 is 2.35 bits per heavy atom. The van der Waals surface area contributed by atoms with Crippen LogP contribution in [0.2, 0.25) is 0 Å². The third-order valence-corrected chi connectivity index (χ3v) is 3.15. The third kappa shape index (κ3) is 3.01. The Morgan fingerprint density at radius 3 is 2.94 bits per heavy atom. The number of likely N-dealkylation sites (N-methyl/N-ethyl adjacent to an activating group) is 1. The lowest BCUT2D eigenvalue weighted by molar-refractivity contribution is 0.0318. The molecule has 0 aliphatic carbocycles. The number of nitrogens with zero attached hydrogens (tertiary/aromatic N) is 1. The molecule has 0 saturated carbocycles. The van der Waals surface area contributed by atoms with Gasteiger partial charge in [-0.05, 0) is 37.9 Å². The number of ether oxygens (including phenoxy) is 1. The van der Waals surface area contributed by atoms with E-state index in [0.29, 0.717) is 6.10 Å². The number of rotatable bonds is 4. The Hall–Kier alpha value is -1.00. The third-order valence-electron chi connectivity index (χ3n) is 3.15. The van der Waals surface area contributed by atoms with Gasteiger partial charge in [-0.3, -0.25) is 4.98 Å². The Bertz CT molecular complexity index is 372. The molecule has 17 heavy (non-hydrogen) atoms. The standard InChI is InChI=1S/C13H19FN2O/c1-3-16-13(12-5-4-9(2)17-12)10-6-11(14)8-15-7-10/h6-9,12-13,16H,3-5H2,1-2H3. The summed E-state index contributed by atoms with van der Waals surface area (Å²) in [6.07, 6.45) is 5.43. The van der Waals surface area contributed by atoms with Gasteiger partial charge in [0.25, 0.3) is 0 Å². The Labute approximate surface area is 101 Å². The van der Waals surface area contributed by atoms with Crippen LogP contribution >= 0.6 is 0 Å². The second-order valence-corrected chi connectivity index (χ2v) is 4.53. The van der Waals surface area contributed by atoms with Crippen LogP contribution in [-0.2, 0) is 4.74 Å². The molecule has 0 spiro atoms. The van der Waals surface area contributed by atoms with Gasteiger partial charge in [0.05, 0.1) is 24.4 Å². The monoisotopic (exact) mass is 238 g/mol. The lowest BCUT2D eigenvalue weighted by atomic mass is 10.0. The number of nitrogens with one attached hydrogen (secondary N) is 1. The van der Waals surface area contributed by atoms with E-state index in [2.05, 4.69) is 17.2 Å². The molecule has 1 aromatic heterocycles. The summed E-state index contributed by atoms with van der Waals surface area (Å²) in [4.78, 5) is 3.91. The number of aromatic nitrogens is 1. The minimum atomic E-state index is -0.295. The quantitative estimate of drug-likeness (QED) is 0.874. The molecular weight excluding hydrogens is 219 g/mol. The molecule has 2 rings (SSSR count). The topological polar surface area (TPSA) is 34.2 Å². The maximum Gasteiger partial charge on any atom is 0.141 e. The van der Waals surface area contributed by atoms with Gasteiger partial charge in [0.2, 0.25) is 0 Å². The maximum atomic E-state index is 13.2. The molecular formula is C13H19FN2O. The largest absolute Gasteiger partial charge is 0.373 e. The molecule has 1 saturated heterocycles. The van der Waals surface area contributed by atoms with Crippen LogP contribution in [0.1, 0.15) is 38.3 Å². The van der Waals surface area contributed by atoms with Crippen LogP contribution in [0.4, 0.5) is 4.39 Å². The summed E-state index contributed by atoms with van der Waals surface area (Å²) < 4.78 is 19.1. The van der Waals surface area contributed by atoms with E-state index in [1.54, 1.807) is 6.20 Å². The average Bonchev–Trinajstić information content (AvgIpc) is 2.72. The van der Waals surface area contributed by atoms with Crippen molar-refractivity contribution in [1.29, 1.82) is 0 Å². The van der Waals surface area contributed by atoms with Gasteiger partial charge in [-0.15, -0.1) is 0 Å². The molecule has 0 bridgehead atoms. The molecule has 1 fully saturated rings. The summed E-state index contributed by atoms with van der Waals surface area (Å²) in [7, 11) is 0. The van der Waals surface area contributed by atoms with Crippen molar-refractivity contribution in [1.82, 2.24) is 10.3 Å². The number of halogens is 1. The predicted octanol–water partition coefficient (Wildman–Crippen LogP) is 2.44. The minimum absolute atomic E-state index is 0.0353. The van der Waals surface area contributed by atoms with Crippen molar-refractivity contribution in [2.24, 2.45) is 0 Å². The fourth-order valence-corrected chi connectivity index (χ4v) is 2.36. The van der Waals surface area contributed by atoms with E-state index in [1.165, 1.54) is 12.3 Å². The molecule has 3 nitrogen and oxygen atoms in total. The summed E-state index contributed by atoms with van der Waals surface area (Å²) in [5, 5.41) is 3.36. The van der Waals surface area contributed by atoms with Crippen molar-refractivity contribution in [2.45, 2.75) is 44.9 Å². The maximum absolute atomic E-state index is 13.2. The molecule has 0 amide bonds. The van der Waals surface area contributed by atoms with Crippen LogP contribution in [0, 0.1) is 5.82 Å². The minimum Gasteiger partial charge on any atom is -0.373 e. The van der Waals surface area contributed by atoms with Gasteiger partial charge in [0.1, 0.15) is 5.82 Å². The van der Waals surface area contributed by atoms with E-state index in [1.807, 2.05) is 6.92 Å². The first-order valence-corrected chi connectivity index (χ1v) is 6.20. The van der Waals surface area contributed by atoms with Crippen LogP contribution < -0.4 is 5.32 Å². The first-order chi connectivity index (χ1) is 8.20. The number of hydrogen-bond donors (Lipinski definition) is 1. The zero-order chi connectivity index (χ0) is 12.3. The number of pyridine rings is 1. The highest BCUT2D eigenvalue weighted by Gasteiger charge is 2.30. The van der Waals surface area contributed by atoms with E-state index >= 15 is 0 Å². The van der Waals surface area contributed by atoms with Gasteiger partial charge in [-0.25, -0.2) is 4.39 Å². The first kappa shape index (κ1) is 12.5. The molecule has 1 aliphatic rings. The smallest absolute Gasteiger partial charge is 0.141 e. The van der Waals surface area contributed by atoms with E-state index in [0.717, 1.165) is 24.9 Å². The van der Waals surface area contributed by atoms with Crippen LogP contribution in [0.3, 0.4) is 0 Å². The zero-order valence-electron chi connectivity index (χ0n) is 10.3. The fourth-order valence-electron chi connectivity index (χ4n) is 2.36. The molecule has 1 aromatic rings. The van der Waals surface area contributed by atoms with Crippen molar-refractivity contribution in [3.05, 3.63) is 29.8 Å².